The van der Waals surface area contributed by atoms with Crippen molar-refractivity contribution in [1.82, 2.24) is 5.32 Å². The zero-order valence-corrected chi connectivity index (χ0v) is 24.4. The van der Waals surface area contributed by atoms with Crippen LogP contribution in [0.5, 0.6) is 0 Å². The molecule has 2 atom stereocenters. The molecule has 5 heteroatoms. The van der Waals surface area contributed by atoms with E-state index in [9.17, 15) is 4.79 Å². The maximum Gasteiger partial charge on any atom is 0.220 e. The van der Waals surface area contributed by atoms with Gasteiger partial charge < -0.3 is 11.1 Å². The fourth-order valence-corrected chi connectivity index (χ4v) is 6.65. The van der Waals surface area contributed by atoms with Crippen LogP contribution in [0.4, 0.5) is 0 Å². The summed E-state index contributed by atoms with van der Waals surface area (Å²) in [6, 6.07) is 17.4. The van der Waals surface area contributed by atoms with E-state index in [1.165, 1.54) is 69.8 Å². The molecule has 0 bridgehead atoms. The third-order valence-corrected chi connectivity index (χ3v) is 8.63. The molecular weight excluding hydrogens is 492 g/mol. The van der Waals surface area contributed by atoms with Crippen LogP contribution in [0.3, 0.4) is 0 Å². The van der Waals surface area contributed by atoms with Crippen molar-refractivity contribution in [2.45, 2.75) is 97.1 Å². The molecule has 3 N–H and O–H groups in total. The normalized spacial score (nSPS) is 12.8. The maximum atomic E-state index is 12.1. The van der Waals surface area contributed by atoms with Gasteiger partial charge in [-0.25, -0.2) is 0 Å². The van der Waals surface area contributed by atoms with Gasteiger partial charge in [0, 0.05) is 27.9 Å². The number of fused-ring (bicyclic) bond motifs is 2. The van der Waals surface area contributed by atoms with Gasteiger partial charge in [-0.05, 0) is 77.9 Å². The highest BCUT2D eigenvalue weighted by Crippen LogP contribution is 2.27. The van der Waals surface area contributed by atoms with Crippen molar-refractivity contribution >= 4 is 48.8 Å². The van der Waals surface area contributed by atoms with Gasteiger partial charge in [0.1, 0.15) is 0 Å². The second-order valence-corrected chi connectivity index (χ2v) is 12.1. The summed E-state index contributed by atoms with van der Waals surface area (Å²) in [7, 11) is 0. The smallest absolute Gasteiger partial charge is 0.220 e. The Morgan fingerprint density at radius 3 is 1.86 bits per heavy atom. The minimum atomic E-state index is 0.195. The molecule has 0 saturated heterocycles. The Balaban J connectivity index is 0.000000244. The standard InChI is InChI=1S/C21H31NOS.C11H13NS/c1-3-4-5-6-7-8-9-14-21(23)22-17(2)15-18-16-24-20-13-11-10-12-19(18)20;1-8(12)6-9-7-13-11-5-3-2-4-10(9)11/h10-13,16-17H,3-9,14-15H2,1-2H3,(H,22,23);2-5,7-8H,6,12H2,1H3. The van der Waals surface area contributed by atoms with Crippen molar-refractivity contribution in [2.75, 3.05) is 0 Å². The summed E-state index contributed by atoms with van der Waals surface area (Å²) in [5, 5.41) is 10.3. The van der Waals surface area contributed by atoms with E-state index >= 15 is 0 Å². The van der Waals surface area contributed by atoms with Gasteiger partial charge in [-0.2, -0.15) is 0 Å². The van der Waals surface area contributed by atoms with Crippen molar-refractivity contribution in [2.24, 2.45) is 5.73 Å². The van der Waals surface area contributed by atoms with Gasteiger partial charge in [-0.3, -0.25) is 4.79 Å². The molecule has 3 nitrogen and oxygen atoms in total. The van der Waals surface area contributed by atoms with E-state index in [4.69, 9.17) is 5.73 Å². The van der Waals surface area contributed by atoms with Crippen molar-refractivity contribution in [3.63, 3.8) is 0 Å². The Hall–Kier alpha value is -2.21. The number of carbonyl (C=O) groups is 1. The lowest BCUT2D eigenvalue weighted by molar-refractivity contribution is -0.121. The molecule has 0 radical (unpaired) electrons. The van der Waals surface area contributed by atoms with E-state index in [1.54, 1.807) is 22.7 Å². The van der Waals surface area contributed by atoms with Crippen LogP contribution in [0, 0.1) is 0 Å². The van der Waals surface area contributed by atoms with Gasteiger partial charge in [0.15, 0.2) is 0 Å². The molecule has 2 aromatic carbocycles. The number of benzene rings is 2. The summed E-state index contributed by atoms with van der Waals surface area (Å²) in [5.41, 5.74) is 8.51. The Morgan fingerprint density at radius 2 is 1.30 bits per heavy atom. The molecular formula is C32H44N2OS2. The molecule has 0 aliphatic heterocycles. The zero-order chi connectivity index (χ0) is 26.5. The second-order valence-electron chi connectivity index (χ2n) is 10.2. The molecule has 0 saturated carbocycles. The highest BCUT2D eigenvalue weighted by molar-refractivity contribution is 7.17. The lowest BCUT2D eigenvalue weighted by Gasteiger charge is -2.13. The number of amides is 1. The minimum Gasteiger partial charge on any atom is -0.353 e. The molecule has 200 valence electrons. The zero-order valence-electron chi connectivity index (χ0n) is 22.8. The number of rotatable bonds is 13. The van der Waals surface area contributed by atoms with Gasteiger partial charge in [-0.1, -0.05) is 81.8 Å². The maximum absolute atomic E-state index is 12.1. The van der Waals surface area contributed by atoms with Gasteiger partial charge in [0.05, 0.1) is 0 Å². The largest absolute Gasteiger partial charge is 0.353 e. The van der Waals surface area contributed by atoms with Crippen LogP contribution in [0.1, 0.15) is 83.3 Å². The van der Waals surface area contributed by atoms with Crippen LogP contribution < -0.4 is 11.1 Å². The number of unbranched alkanes of at least 4 members (excludes halogenated alkanes) is 6. The number of carbonyl (C=O) groups excluding carboxylic acids is 1. The summed E-state index contributed by atoms with van der Waals surface area (Å²) in [6.45, 7) is 6.39. The summed E-state index contributed by atoms with van der Waals surface area (Å²) in [5.74, 6) is 0.204. The highest BCUT2D eigenvalue weighted by atomic mass is 32.1. The first-order valence-corrected chi connectivity index (χ1v) is 15.7. The van der Waals surface area contributed by atoms with Crippen LogP contribution >= 0.6 is 22.7 Å². The fraction of sp³-hybridized carbons (Fsp3) is 0.469. The van der Waals surface area contributed by atoms with Crippen LogP contribution in [-0.2, 0) is 17.6 Å². The SMILES string of the molecule is CC(N)Cc1csc2ccccc12.CCCCCCCCCC(=O)NC(C)Cc1csc2ccccc12. The van der Waals surface area contributed by atoms with Gasteiger partial charge in [0.2, 0.25) is 5.91 Å². The lowest BCUT2D eigenvalue weighted by Crippen LogP contribution is -2.33. The number of nitrogens with one attached hydrogen (secondary N) is 1. The molecule has 0 aliphatic carbocycles. The molecule has 0 spiro atoms. The van der Waals surface area contributed by atoms with E-state index in [0.717, 1.165) is 19.3 Å². The van der Waals surface area contributed by atoms with Crippen molar-refractivity contribution < 1.29 is 4.79 Å². The summed E-state index contributed by atoms with van der Waals surface area (Å²) < 4.78 is 2.69. The topological polar surface area (TPSA) is 55.1 Å². The van der Waals surface area contributed by atoms with Crippen molar-refractivity contribution in [3.8, 4) is 0 Å². The molecule has 0 fully saturated rings. The molecule has 4 rings (SSSR count). The summed E-state index contributed by atoms with van der Waals surface area (Å²) >= 11 is 3.59. The molecule has 2 aromatic heterocycles. The van der Waals surface area contributed by atoms with Crippen molar-refractivity contribution in [1.29, 1.82) is 0 Å². The molecule has 0 aliphatic rings. The van der Waals surface area contributed by atoms with Gasteiger partial charge in [-0.15, -0.1) is 22.7 Å². The quantitative estimate of drug-likeness (QED) is 0.168. The Kier molecular flexibility index (Phi) is 12.6. The number of hydrogen-bond donors (Lipinski definition) is 2. The second kappa shape index (κ2) is 15.9. The molecule has 1 amide bonds. The van der Waals surface area contributed by atoms with Gasteiger partial charge in [0.25, 0.3) is 0 Å². The average Bonchev–Trinajstić information content (AvgIpc) is 3.48. The van der Waals surface area contributed by atoms with E-state index in [2.05, 4.69) is 78.5 Å². The lowest BCUT2D eigenvalue weighted by atomic mass is 10.1. The fourth-order valence-electron chi connectivity index (χ4n) is 4.70. The Morgan fingerprint density at radius 1 is 0.784 bits per heavy atom. The van der Waals surface area contributed by atoms with Crippen molar-refractivity contribution in [3.05, 3.63) is 70.4 Å². The summed E-state index contributed by atoms with van der Waals surface area (Å²) in [6.07, 6.45) is 11.3. The molecule has 2 heterocycles. The Labute approximate surface area is 231 Å². The van der Waals surface area contributed by atoms with E-state index in [0.29, 0.717) is 6.42 Å². The average molecular weight is 537 g/mol. The van der Waals surface area contributed by atoms with Crippen LogP contribution in [0.25, 0.3) is 20.2 Å². The van der Waals surface area contributed by atoms with Crippen LogP contribution in [0.15, 0.2) is 59.3 Å². The van der Waals surface area contributed by atoms with Crippen LogP contribution in [0.2, 0.25) is 0 Å². The monoisotopic (exact) mass is 536 g/mol. The first-order chi connectivity index (χ1) is 18.0. The molecule has 2 unspecified atom stereocenters. The number of thiophene rings is 2. The number of nitrogens with two attached hydrogens (primary N) is 1. The number of hydrogen-bond acceptors (Lipinski definition) is 4. The first kappa shape index (κ1) is 29.3. The third kappa shape index (κ3) is 9.88. The van der Waals surface area contributed by atoms with E-state index in [1.807, 2.05) is 6.92 Å². The van der Waals surface area contributed by atoms with Gasteiger partial charge >= 0.3 is 0 Å². The summed E-state index contributed by atoms with van der Waals surface area (Å²) in [4.78, 5) is 12.1. The van der Waals surface area contributed by atoms with E-state index < -0.39 is 0 Å². The molecule has 4 aromatic rings. The van der Waals surface area contributed by atoms with Crippen LogP contribution in [-0.4, -0.2) is 18.0 Å². The van der Waals surface area contributed by atoms with E-state index in [-0.39, 0.29) is 18.0 Å². The third-order valence-electron chi connectivity index (χ3n) is 6.61. The predicted molar refractivity (Wildman–Crippen MR) is 165 cm³/mol. The minimum absolute atomic E-state index is 0.195. The molecule has 37 heavy (non-hydrogen) atoms. The first-order valence-electron chi connectivity index (χ1n) is 13.9. The highest BCUT2D eigenvalue weighted by Gasteiger charge is 2.11. The predicted octanol–water partition coefficient (Wildman–Crippen LogP) is 8.88. The Bertz CT molecular complexity index is 1210.